The van der Waals surface area contributed by atoms with Crippen LogP contribution in [-0.4, -0.2) is 21.6 Å². The molecule has 0 saturated carbocycles. The van der Waals surface area contributed by atoms with Crippen LogP contribution in [-0.2, 0) is 6.54 Å². The molecule has 2 heterocycles. The van der Waals surface area contributed by atoms with Crippen molar-refractivity contribution in [3.63, 3.8) is 0 Å². The van der Waals surface area contributed by atoms with Crippen LogP contribution in [0.4, 0.5) is 0 Å². The molecule has 0 unspecified atom stereocenters. The highest BCUT2D eigenvalue weighted by molar-refractivity contribution is 5.81. The Kier molecular flexibility index (Phi) is 3.49. The molecule has 0 bridgehead atoms. The molecule has 0 atom stereocenters. The zero-order valence-corrected chi connectivity index (χ0v) is 13.1. The summed E-state index contributed by atoms with van der Waals surface area (Å²) in [5.74, 6) is 0.653. The van der Waals surface area contributed by atoms with Gasteiger partial charge in [-0.3, -0.25) is 0 Å². The molecule has 0 aliphatic heterocycles. The number of para-hydroxylation sites is 1. The van der Waals surface area contributed by atoms with E-state index >= 15 is 0 Å². The summed E-state index contributed by atoms with van der Waals surface area (Å²) in [6, 6.07) is 14.8. The Morgan fingerprint density at radius 3 is 2.96 bits per heavy atom. The Hall–Kier alpha value is -3.15. The molecule has 2 aromatic carbocycles. The van der Waals surface area contributed by atoms with Crippen LogP contribution < -0.4 is 10.4 Å². The molecule has 0 amide bonds. The molecule has 24 heavy (non-hydrogen) atoms. The molecule has 0 saturated heterocycles. The van der Waals surface area contributed by atoms with Gasteiger partial charge in [0.15, 0.2) is 0 Å². The van der Waals surface area contributed by atoms with E-state index in [-0.39, 0.29) is 5.63 Å². The standard InChI is InChI=1S/C18H15N3O3/c1-12-10-18(22)24-17-11-13(6-7-14(12)17)23-9-8-21-16-5-3-2-4-15(16)19-20-21/h2-7,10-11H,8-9H2,1H3. The smallest absolute Gasteiger partial charge is 0.336 e. The van der Waals surface area contributed by atoms with Crippen LogP contribution in [0.3, 0.4) is 0 Å². The van der Waals surface area contributed by atoms with Gasteiger partial charge in [-0.25, -0.2) is 9.48 Å². The van der Waals surface area contributed by atoms with Gasteiger partial charge in [0.05, 0.1) is 12.1 Å². The minimum absolute atomic E-state index is 0.355. The summed E-state index contributed by atoms with van der Waals surface area (Å²) in [6.45, 7) is 2.90. The number of nitrogens with zero attached hydrogens (tertiary/aromatic N) is 3. The molecule has 4 aromatic rings. The second-order valence-electron chi connectivity index (χ2n) is 5.56. The van der Waals surface area contributed by atoms with Gasteiger partial charge in [0.25, 0.3) is 0 Å². The third-order valence-electron chi connectivity index (χ3n) is 3.91. The molecular weight excluding hydrogens is 306 g/mol. The van der Waals surface area contributed by atoms with Gasteiger partial charge in [-0.15, -0.1) is 5.10 Å². The van der Waals surface area contributed by atoms with E-state index in [0.29, 0.717) is 24.5 Å². The van der Waals surface area contributed by atoms with Crippen molar-refractivity contribution in [2.45, 2.75) is 13.5 Å². The Balaban J connectivity index is 1.51. The molecule has 0 N–H and O–H groups in total. The average molecular weight is 321 g/mol. The summed E-state index contributed by atoms with van der Waals surface area (Å²) in [4.78, 5) is 11.5. The maximum Gasteiger partial charge on any atom is 0.336 e. The number of hydrogen-bond donors (Lipinski definition) is 0. The van der Waals surface area contributed by atoms with E-state index < -0.39 is 0 Å². The summed E-state index contributed by atoms with van der Waals surface area (Å²) in [5.41, 5.74) is 2.90. The summed E-state index contributed by atoms with van der Waals surface area (Å²) < 4.78 is 12.8. The number of fused-ring (bicyclic) bond motifs is 2. The van der Waals surface area contributed by atoms with Crippen LogP contribution in [0.5, 0.6) is 5.75 Å². The molecule has 6 nitrogen and oxygen atoms in total. The number of aromatic nitrogens is 3. The summed E-state index contributed by atoms with van der Waals surface area (Å²) in [6.07, 6.45) is 0. The first-order valence-corrected chi connectivity index (χ1v) is 7.66. The third kappa shape index (κ3) is 2.62. The minimum Gasteiger partial charge on any atom is -0.492 e. The van der Waals surface area contributed by atoms with Gasteiger partial charge in [-0.2, -0.15) is 0 Å². The van der Waals surface area contributed by atoms with Crippen molar-refractivity contribution in [3.05, 3.63) is 64.5 Å². The third-order valence-corrected chi connectivity index (χ3v) is 3.91. The van der Waals surface area contributed by atoms with Crippen LogP contribution in [0.15, 0.2) is 57.7 Å². The molecule has 4 rings (SSSR count). The first-order valence-electron chi connectivity index (χ1n) is 7.66. The summed E-state index contributed by atoms with van der Waals surface area (Å²) in [7, 11) is 0. The predicted octanol–water partition coefficient (Wildman–Crippen LogP) is 2.93. The van der Waals surface area contributed by atoms with Gasteiger partial charge >= 0.3 is 5.63 Å². The van der Waals surface area contributed by atoms with Crippen molar-refractivity contribution in [2.24, 2.45) is 0 Å². The van der Waals surface area contributed by atoms with Crippen LogP contribution in [0.2, 0.25) is 0 Å². The maximum atomic E-state index is 11.5. The molecule has 2 aromatic heterocycles. The fraction of sp³-hybridized carbons (Fsp3) is 0.167. The fourth-order valence-corrected chi connectivity index (χ4v) is 2.73. The Labute approximate surface area is 137 Å². The van der Waals surface area contributed by atoms with Gasteiger partial charge < -0.3 is 9.15 Å². The SMILES string of the molecule is Cc1cc(=O)oc2cc(OCCn3nnc4ccccc43)ccc12. The average Bonchev–Trinajstić information content (AvgIpc) is 2.98. The number of aryl methyl sites for hydroxylation is 1. The van der Waals surface area contributed by atoms with Gasteiger partial charge in [0.1, 0.15) is 23.5 Å². The lowest BCUT2D eigenvalue weighted by molar-refractivity contribution is 0.292. The normalized spacial score (nSPS) is 11.2. The molecule has 6 heteroatoms. The van der Waals surface area contributed by atoms with E-state index in [2.05, 4.69) is 10.3 Å². The van der Waals surface area contributed by atoms with Crippen molar-refractivity contribution >= 4 is 22.0 Å². The number of ether oxygens (including phenoxy) is 1. The van der Waals surface area contributed by atoms with Gasteiger partial charge in [-0.1, -0.05) is 17.3 Å². The zero-order chi connectivity index (χ0) is 16.5. The highest BCUT2D eigenvalue weighted by Crippen LogP contribution is 2.22. The van der Waals surface area contributed by atoms with Crippen molar-refractivity contribution in [1.29, 1.82) is 0 Å². The lowest BCUT2D eigenvalue weighted by atomic mass is 10.1. The van der Waals surface area contributed by atoms with Crippen LogP contribution in [0, 0.1) is 6.92 Å². The number of hydrogen-bond acceptors (Lipinski definition) is 5. The van der Waals surface area contributed by atoms with Crippen LogP contribution in [0.25, 0.3) is 22.0 Å². The molecule has 0 spiro atoms. The van der Waals surface area contributed by atoms with E-state index in [1.54, 1.807) is 10.7 Å². The first-order chi connectivity index (χ1) is 11.7. The van der Waals surface area contributed by atoms with Gasteiger partial charge in [-0.05, 0) is 36.8 Å². The number of benzene rings is 2. The lowest BCUT2D eigenvalue weighted by Crippen LogP contribution is -2.09. The van der Waals surface area contributed by atoms with Gasteiger partial charge in [0.2, 0.25) is 0 Å². The van der Waals surface area contributed by atoms with Crippen molar-refractivity contribution < 1.29 is 9.15 Å². The van der Waals surface area contributed by atoms with E-state index in [1.807, 2.05) is 43.3 Å². The molecule has 0 aliphatic rings. The maximum absolute atomic E-state index is 11.5. The van der Waals surface area contributed by atoms with Crippen LogP contribution >= 0.6 is 0 Å². The predicted molar refractivity (Wildman–Crippen MR) is 90.2 cm³/mol. The largest absolute Gasteiger partial charge is 0.492 e. The lowest BCUT2D eigenvalue weighted by Gasteiger charge is -2.08. The molecular formula is C18H15N3O3. The van der Waals surface area contributed by atoms with Crippen molar-refractivity contribution in [1.82, 2.24) is 15.0 Å². The minimum atomic E-state index is -0.355. The molecule has 0 fully saturated rings. The van der Waals surface area contributed by atoms with Crippen molar-refractivity contribution in [2.75, 3.05) is 6.61 Å². The van der Waals surface area contributed by atoms with E-state index in [4.69, 9.17) is 9.15 Å². The molecule has 0 aliphatic carbocycles. The van der Waals surface area contributed by atoms with E-state index in [9.17, 15) is 4.79 Å². The fourth-order valence-electron chi connectivity index (χ4n) is 2.73. The summed E-state index contributed by atoms with van der Waals surface area (Å²) in [5, 5.41) is 9.15. The van der Waals surface area contributed by atoms with Crippen molar-refractivity contribution in [3.8, 4) is 5.75 Å². The first kappa shape index (κ1) is 14.4. The quantitative estimate of drug-likeness (QED) is 0.541. The van der Waals surface area contributed by atoms with E-state index in [1.165, 1.54) is 6.07 Å². The van der Waals surface area contributed by atoms with Crippen LogP contribution in [0.1, 0.15) is 5.56 Å². The topological polar surface area (TPSA) is 70.2 Å². The Morgan fingerprint density at radius 1 is 1.17 bits per heavy atom. The second-order valence-corrected chi connectivity index (χ2v) is 5.56. The van der Waals surface area contributed by atoms with E-state index in [0.717, 1.165) is 22.0 Å². The Bertz CT molecular complexity index is 1080. The highest BCUT2D eigenvalue weighted by atomic mass is 16.5. The Morgan fingerprint density at radius 2 is 2.04 bits per heavy atom. The number of rotatable bonds is 4. The molecule has 0 radical (unpaired) electrons. The summed E-state index contributed by atoms with van der Waals surface area (Å²) >= 11 is 0. The molecule has 120 valence electrons. The monoisotopic (exact) mass is 321 g/mol. The highest BCUT2D eigenvalue weighted by Gasteiger charge is 2.06. The van der Waals surface area contributed by atoms with Gasteiger partial charge in [0, 0.05) is 17.5 Å². The zero-order valence-electron chi connectivity index (χ0n) is 13.1. The second kappa shape index (κ2) is 5.81.